The van der Waals surface area contributed by atoms with Gasteiger partial charge in [-0.1, -0.05) is 11.6 Å². The summed E-state index contributed by atoms with van der Waals surface area (Å²) in [5.41, 5.74) is 8.35. The fraction of sp³-hybridized carbons (Fsp3) is 0.222. The van der Waals surface area contributed by atoms with E-state index in [0.717, 1.165) is 0 Å². The Morgan fingerprint density at radius 2 is 2.11 bits per heavy atom. The van der Waals surface area contributed by atoms with Gasteiger partial charge < -0.3 is 15.8 Å². The predicted octanol–water partition coefficient (Wildman–Crippen LogP) is 3.37. The van der Waals surface area contributed by atoms with Gasteiger partial charge in [0.05, 0.1) is 17.1 Å². The third-order valence-electron chi connectivity index (χ3n) is 3.88. The van der Waals surface area contributed by atoms with E-state index in [1.54, 1.807) is 25.1 Å². The lowest BCUT2D eigenvalue weighted by atomic mass is 10.1. The maximum Gasteiger partial charge on any atom is 0.281 e. The summed E-state index contributed by atoms with van der Waals surface area (Å²) in [7, 11) is 1.53. The first-order valence-corrected chi connectivity index (χ1v) is 8.53. The number of anilines is 2. The molecule has 0 saturated heterocycles. The number of hydrogen-bond donors (Lipinski definition) is 2. The van der Waals surface area contributed by atoms with E-state index in [1.165, 1.54) is 19.6 Å². The molecular formula is C18H18ClFN6O. The Labute approximate surface area is 160 Å². The van der Waals surface area contributed by atoms with Gasteiger partial charge in [-0.2, -0.15) is 0 Å². The summed E-state index contributed by atoms with van der Waals surface area (Å²) in [4.78, 5) is 16.4. The molecule has 0 unspecified atom stereocenters. The Morgan fingerprint density at radius 3 is 2.89 bits per heavy atom. The van der Waals surface area contributed by atoms with Gasteiger partial charge in [-0.05, 0) is 36.2 Å². The minimum atomic E-state index is -0.284. The van der Waals surface area contributed by atoms with Gasteiger partial charge in [0, 0.05) is 25.4 Å². The predicted molar refractivity (Wildman–Crippen MR) is 104 cm³/mol. The Hall–Kier alpha value is -3.00. The van der Waals surface area contributed by atoms with Gasteiger partial charge in [0.15, 0.2) is 5.82 Å². The molecule has 7 nitrogen and oxygen atoms in total. The summed E-state index contributed by atoms with van der Waals surface area (Å²) in [6.07, 6.45) is 3.29. The van der Waals surface area contributed by atoms with Gasteiger partial charge in [0.1, 0.15) is 17.7 Å². The molecule has 3 N–H and O–H groups in total. The van der Waals surface area contributed by atoms with Crippen LogP contribution in [0, 0.1) is 12.7 Å². The van der Waals surface area contributed by atoms with Gasteiger partial charge >= 0.3 is 0 Å². The molecule has 1 aromatic carbocycles. The van der Waals surface area contributed by atoms with Crippen LogP contribution in [0.4, 0.5) is 15.9 Å². The van der Waals surface area contributed by atoms with Crippen LogP contribution in [0.15, 0.2) is 35.7 Å². The number of benzene rings is 1. The third kappa shape index (κ3) is 4.40. The highest BCUT2D eigenvalue weighted by Crippen LogP contribution is 2.26. The number of halogens is 2. The maximum absolute atomic E-state index is 14.4. The fourth-order valence-corrected chi connectivity index (χ4v) is 2.73. The lowest BCUT2D eigenvalue weighted by molar-refractivity contribution is 0.301. The summed E-state index contributed by atoms with van der Waals surface area (Å²) in [6.45, 7) is 1.92. The molecule has 3 rings (SSSR count). The van der Waals surface area contributed by atoms with Crippen LogP contribution in [-0.2, 0) is 11.2 Å². The van der Waals surface area contributed by atoms with E-state index in [2.05, 4.69) is 25.3 Å². The van der Waals surface area contributed by atoms with E-state index < -0.39 is 0 Å². The minimum Gasteiger partial charge on any atom is -0.465 e. The molecule has 0 saturated carbocycles. The molecule has 9 heteroatoms. The van der Waals surface area contributed by atoms with Gasteiger partial charge in [-0.3, -0.25) is 0 Å². The first-order valence-electron chi connectivity index (χ1n) is 8.15. The number of pyridine rings is 1. The van der Waals surface area contributed by atoms with Crippen molar-refractivity contribution >= 4 is 40.2 Å². The number of rotatable bonds is 5. The van der Waals surface area contributed by atoms with E-state index >= 15 is 0 Å². The molecule has 2 aromatic heterocycles. The molecule has 0 amide bonds. The Bertz CT molecular complexity index is 1010. The third-order valence-corrected chi connectivity index (χ3v) is 4.08. The van der Waals surface area contributed by atoms with Crippen molar-refractivity contribution in [3.63, 3.8) is 0 Å². The number of aryl methyl sites for hydroxylation is 1. The van der Waals surface area contributed by atoms with E-state index in [4.69, 9.17) is 22.1 Å². The van der Waals surface area contributed by atoms with Crippen molar-refractivity contribution < 1.29 is 9.13 Å². The topological polar surface area (TPSA) is 98.3 Å². The number of hydrogen-bond acceptors (Lipinski definition) is 6. The van der Waals surface area contributed by atoms with E-state index in [0.29, 0.717) is 45.1 Å². The molecule has 0 radical (unpaired) electrons. The van der Waals surface area contributed by atoms with Crippen molar-refractivity contribution in [2.45, 2.75) is 13.3 Å². The lowest BCUT2D eigenvalue weighted by Crippen LogP contribution is -2.17. The lowest BCUT2D eigenvalue weighted by Gasteiger charge is -2.12. The van der Waals surface area contributed by atoms with Crippen LogP contribution in [0.2, 0.25) is 5.02 Å². The average molecular weight is 389 g/mol. The zero-order valence-electron chi connectivity index (χ0n) is 14.8. The van der Waals surface area contributed by atoms with Crippen LogP contribution in [0.1, 0.15) is 11.1 Å². The highest BCUT2D eigenvalue weighted by atomic mass is 35.5. The highest BCUT2D eigenvalue weighted by molar-refractivity contribution is 6.31. The van der Waals surface area contributed by atoms with Gasteiger partial charge in [0.2, 0.25) is 0 Å². The van der Waals surface area contributed by atoms with Gasteiger partial charge in [-0.25, -0.2) is 24.3 Å². The van der Waals surface area contributed by atoms with E-state index in [1.807, 2.05) is 0 Å². The number of nitrogens with two attached hydrogens (primary N) is 1. The normalized spacial score (nSPS) is 11.6. The Kier molecular flexibility index (Phi) is 5.66. The van der Waals surface area contributed by atoms with Crippen molar-refractivity contribution in [2.24, 2.45) is 10.7 Å². The van der Waals surface area contributed by atoms with Crippen LogP contribution < -0.4 is 11.1 Å². The second kappa shape index (κ2) is 8.13. The maximum atomic E-state index is 14.4. The zero-order chi connectivity index (χ0) is 19.4. The molecule has 0 atom stereocenters. The summed E-state index contributed by atoms with van der Waals surface area (Å²) in [6, 6.07) is 5.17. The van der Waals surface area contributed by atoms with Crippen molar-refractivity contribution in [1.29, 1.82) is 0 Å². The number of amidine groups is 1. The SMILES string of the molecule is CN=C(N)OCCc1cc(Nc2ncnc3cc(Cl)cnc23)cc(C)c1F. The molecule has 27 heavy (non-hydrogen) atoms. The fourth-order valence-electron chi connectivity index (χ4n) is 2.57. The van der Waals surface area contributed by atoms with E-state index in [9.17, 15) is 4.39 Å². The summed E-state index contributed by atoms with van der Waals surface area (Å²) >= 11 is 5.96. The smallest absolute Gasteiger partial charge is 0.281 e. The largest absolute Gasteiger partial charge is 0.465 e. The quantitative estimate of drug-likeness (QED) is 0.513. The molecule has 0 aliphatic heterocycles. The Morgan fingerprint density at radius 1 is 1.30 bits per heavy atom. The number of ether oxygens (including phenoxy) is 1. The molecule has 140 valence electrons. The van der Waals surface area contributed by atoms with Crippen molar-refractivity contribution in [3.05, 3.63) is 52.7 Å². The zero-order valence-corrected chi connectivity index (χ0v) is 15.6. The van der Waals surface area contributed by atoms with Crippen LogP contribution >= 0.6 is 11.6 Å². The minimum absolute atomic E-state index is 0.0681. The number of aromatic nitrogens is 3. The molecule has 3 aromatic rings. The van der Waals surface area contributed by atoms with Crippen molar-refractivity contribution in [1.82, 2.24) is 15.0 Å². The number of nitrogens with zero attached hydrogens (tertiary/aromatic N) is 4. The van der Waals surface area contributed by atoms with Crippen molar-refractivity contribution in [2.75, 3.05) is 19.0 Å². The molecular weight excluding hydrogens is 371 g/mol. The van der Waals surface area contributed by atoms with Crippen LogP contribution in [0.25, 0.3) is 11.0 Å². The molecule has 0 fully saturated rings. The van der Waals surface area contributed by atoms with E-state index in [-0.39, 0.29) is 18.4 Å². The molecule has 0 aliphatic carbocycles. The number of fused-ring (bicyclic) bond motifs is 1. The van der Waals surface area contributed by atoms with Gasteiger partial charge in [0.25, 0.3) is 6.02 Å². The molecule has 0 bridgehead atoms. The number of aliphatic imine (C=N–C) groups is 1. The van der Waals surface area contributed by atoms with Crippen LogP contribution in [0.5, 0.6) is 0 Å². The number of nitrogens with one attached hydrogen (secondary N) is 1. The monoisotopic (exact) mass is 388 g/mol. The van der Waals surface area contributed by atoms with Crippen molar-refractivity contribution in [3.8, 4) is 0 Å². The average Bonchev–Trinajstić information content (AvgIpc) is 2.65. The first kappa shape index (κ1) is 18.8. The summed E-state index contributed by atoms with van der Waals surface area (Å²) in [5.74, 6) is 0.223. The molecule has 2 heterocycles. The highest BCUT2D eigenvalue weighted by Gasteiger charge is 2.11. The second-order valence-corrected chi connectivity index (χ2v) is 6.23. The standard InChI is InChI=1S/C18H18ClFN6O/c1-10-5-13(6-11(15(10)20)3-4-27-18(21)22-2)26-17-16-14(24-9-25-17)7-12(19)8-23-16/h5-9H,3-4H2,1-2H3,(H2,21,22)(H,24,25,26). The first-order chi connectivity index (χ1) is 13.0. The Balaban J connectivity index is 1.87. The van der Waals surface area contributed by atoms with Crippen LogP contribution in [-0.4, -0.2) is 34.6 Å². The van der Waals surface area contributed by atoms with Gasteiger partial charge in [-0.15, -0.1) is 0 Å². The second-order valence-electron chi connectivity index (χ2n) is 5.80. The molecule has 0 spiro atoms. The molecule has 0 aliphatic rings. The summed E-state index contributed by atoms with van der Waals surface area (Å²) < 4.78 is 19.6. The van der Waals surface area contributed by atoms with Crippen LogP contribution in [0.3, 0.4) is 0 Å². The summed E-state index contributed by atoms with van der Waals surface area (Å²) in [5, 5.41) is 3.66.